The average Bonchev–Trinajstić information content (AvgIpc) is 2.34. The van der Waals surface area contributed by atoms with Crippen LogP contribution in [0.3, 0.4) is 0 Å². The lowest BCUT2D eigenvalue weighted by Crippen LogP contribution is -2.49. The fourth-order valence-corrected chi connectivity index (χ4v) is 3.88. The molecule has 5 atom stereocenters. The molecular weight excluding hydrogens is 252 g/mol. The first-order valence-electron chi connectivity index (χ1n) is 7.47. The van der Waals surface area contributed by atoms with E-state index in [4.69, 9.17) is 4.74 Å². The molecule has 0 spiro atoms. The minimum atomic E-state index is -0.494. The number of ether oxygens (including phenoxy) is 1. The van der Waals surface area contributed by atoms with Gasteiger partial charge in [0.05, 0.1) is 6.10 Å². The van der Waals surface area contributed by atoms with Crippen molar-refractivity contribution in [1.29, 1.82) is 0 Å². The Balaban J connectivity index is 2.31. The zero-order valence-corrected chi connectivity index (χ0v) is 13.0. The molecular formula is C17H26O3. The van der Waals surface area contributed by atoms with E-state index in [0.29, 0.717) is 12.3 Å². The molecule has 2 aliphatic carbocycles. The second-order valence-electron chi connectivity index (χ2n) is 6.75. The fraction of sp³-hybridized carbons (Fsp3) is 0.706. The van der Waals surface area contributed by atoms with E-state index >= 15 is 0 Å². The molecule has 0 amide bonds. The van der Waals surface area contributed by atoms with Crippen LogP contribution in [0, 0.1) is 17.3 Å². The molecule has 2 rings (SSSR count). The maximum atomic E-state index is 11.3. The summed E-state index contributed by atoms with van der Waals surface area (Å²) in [5.41, 5.74) is 2.21. The van der Waals surface area contributed by atoms with E-state index in [-0.39, 0.29) is 23.4 Å². The number of allylic oxidation sites excluding steroid dienone is 2. The number of rotatable bonds is 2. The number of hydrogen-bond acceptors (Lipinski definition) is 3. The third kappa shape index (κ3) is 2.56. The average molecular weight is 278 g/mol. The van der Waals surface area contributed by atoms with Gasteiger partial charge in [-0.1, -0.05) is 32.1 Å². The molecule has 0 unspecified atom stereocenters. The second-order valence-corrected chi connectivity index (χ2v) is 6.75. The van der Waals surface area contributed by atoms with Crippen LogP contribution in [-0.4, -0.2) is 23.3 Å². The number of hydrogen-bond donors (Lipinski definition) is 1. The molecule has 0 saturated heterocycles. The number of fused-ring (bicyclic) bond motifs is 1. The summed E-state index contributed by atoms with van der Waals surface area (Å²) in [6.45, 7) is 11.9. The maximum Gasteiger partial charge on any atom is 0.302 e. The summed E-state index contributed by atoms with van der Waals surface area (Å²) in [6, 6.07) is 0. The van der Waals surface area contributed by atoms with Gasteiger partial charge < -0.3 is 9.84 Å². The summed E-state index contributed by atoms with van der Waals surface area (Å²) in [5, 5.41) is 10.4. The molecule has 112 valence electrons. The van der Waals surface area contributed by atoms with Gasteiger partial charge in [-0.2, -0.15) is 0 Å². The summed E-state index contributed by atoms with van der Waals surface area (Å²) < 4.78 is 5.44. The van der Waals surface area contributed by atoms with E-state index < -0.39 is 6.10 Å². The predicted octanol–water partition coefficient (Wildman–Crippen LogP) is 3.24. The van der Waals surface area contributed by atoms with Crippen LogP contribution in [0.25, 0.3) is 0 Å². The van der Waals surface area contributed by atoms with Gasteiger partial charge in [-0.05, 0) is 36.7 Å². The van der Waals surface area contributed by atoms with Crippen molar-refractivity contribution in [3.8, 4) is 0 Å². The van der Waals surface area contributed by atoms with Crippen LogP contribution in [0.4, 0.5) is 0 Å². The molecule has 0 aromatic heterocycles. The lowest BCUT2D eigenvalue weighted by molar-refractivity contribution is -0.156. The Labute approximate surface area is 121 Å². The first-order chi connectivity index (χ1) is 9.25. The third-order valence-corrected chi connectivity index (χ3v) is 5.34. The predicted molar refractivity (Wildman–Crippen MR) is 79.1 cm³/mol. The lowest BCUT2D eigenvalue weighted by atomic mass is 9.56. The normalized spacial score (nSPS) is 40.5. The van der Waals surface area contributed by atoms with Gasteiger partial charge in [-0.25, -0.2) is 0 Å². The van der Waals surface area contributed by atoms with Crippen LogP contribution in [0.5, 0.6) is 0 Å². The van der Waals surface area contributed by atoms with Gasteiger partial charge in [0.1, 0.15) is 6.10 Å². The van der Waals surface area contributed by atoms with Crippen LogP contribution >= 0.6 is 0 Å². The van der Waals surface area contributed by atoms with Gasteiger partial charge in [-0.3, -0.25) is 4.79 Å². The van der Waals surface area contributed by atoms with Gasteiger partial charge >= 0.3 is 5.97 Å². The van der Waals surface area contributed by atoms with Crippen LogP contribution in [0.15, 0.2) is 23.8 Å². The Kier molecular flexibility index (Phi) is 4.10. The summed E-state index contributed by atoms with van der Waals surface area (Å²) in [6.07, 6.45) is 3.94. The van der Waals surface area contributed by atoms with Crippen molar-refractivity contribution in [1.82, 2.24) is 0 Å². The van der Waals surface area contributed by atoms with Gasteiger partial charge in [0.25, 0.3) is 0 Å². The van der Waals surface area contributed by atoms with Crippen molar-refractivity contribution in [3.63, 3.8) is 0 Å². The largest absolute Gasteiger partial charge is 0.462 e. The first-order valence-corrected chi connectivity index (χ1v) is 7.47. The van der Waals surface area contributed by atoms with Crippen molar-refractivity contribution < 1.29 is 14.6 Å². The Bertz CT molecular complexity index is 451. The molecule has 0 heterocycles. The van der Waals surface area contributed by atoms with Crippen molar-refractivity contribution in [2.75, 3.05) is 0 Å². The Morgan fingerprint density at radius 2 is 2.15 bits per heavy atom. The second kappa shape index (κ2) is 5.36. The Hall–Kier alpha value is -1.09. The number of aliphatic hydroxyl groups is 1. The van der Waals surface area contributed by atoms with Crippen LogP contribution in [0.1, 0.15) is 47.0 Å². The van der Waals surface area contributed by atoms with Crippen LogP contribution < -0.4 is 0 Å². The van der Waals surface area contributed by atoms with Gasteiger partial charge in [0.2, 0.25) is 0 Å². The zero-order valence-electron chi connectivity index (χ0n) is 13.0. The molecule has 20 heavy (non-hydrogen) atoms. The fourth-order valence-electron chi connectivity index (χ4n) is 3.88. The summed E-state index contributed by atoms with van der Waals surface area (Å²) in [4.78, 5) is 11.3. The molecule has 0 aromatic rings. The highest BCUT2D eigenvalue weighted by atomic mass is 16.5. The molecule has 3 heteroatoms. The van der Waals surface area contributed by atoms with E-state index in [1.807, 2.05) is 0 Å². The third-order valence-electron chi connectivity index (χ3n) is 5.34. The summed E-state index contributed by atoms with van der Waals surface area (Å²) >= 11 is 0. The standard InChI is InChI=1S/C17H26O3/c1-10(2)13-6-7-14-15(19)8-16(20-12(4)18)11(3)17(14,5)9-13/h7,11,13,15-16,19H,1,6,8-9H2,2-5H3/t11-,13-,15-,16-,17-/m1/s1. The Morgan fingerprint density at radius 1 is 1.50 bits per heavy atom. The molecule has 1 saturated carbocycles. The van der Waals surface area contributed by atoms with E-state index in [9.17, 15) is 9.90 Å². The molecule has 0 radical (unpaired) electrons. The monoisotopic (exact) mass is 278 g/mol. The number of aliphatic hydroxyl groups excluding tert-OH is 1. The molecule has 3 nitrogen and oxygen atoms in total. The van der Waals surface area contributed by atoms with Crippen molar-refractivity contribution in [2.45, 2.75) is 59.2 Å². The minimum absolute atomic E-state index is 0.111. The molecule has 0 aliphatic heterocycles. The van der Waals surface area contributed by atoms with Crippen LogP contribution in [-0.2, 0) is 9.53 Å². The molecule has 1 fully saturated rings. The smallest absolute Gasteiger partial charge is 0.302 e. The van der Waals surface area contributed by atoms with E-state index in [1.54, 1.807) is 0 Å². The number of esters is 1. The highest BCUT2D eigenvalue weighted by Gasteiger charge is 2.50. The minimum Gasteiger partial charge on any atom is -0.462 e. The Morgan fingerprint density at radius 3 is 2.70 bits per heavy atom. The SMILES string of the molecule is C=C(C)[C@@H]1CC=C2[C@H](O)C[C@@H](OC(C)=O)[C@@H](C)[C@@]2(C)C1. The zero-order chi connectivity index (χ0) is 15.1. The van der Waals surface area contributed by atoms with E-state index in [0.717, 1.165) is 18.4 Å². The van der Waals surface area contributed by atoms with Gasteiger partial charge in [-0.15, -0.1) is 0 Å². The number of carbonyl (C=O) groups is 1. The summed E-state index contributed by atoms with van der Waals surface area (Å²) in [7, 11) is 0. The van der Waals surface area contributed by atoms with Gasteiger partial charge in [0, 0.05) is 19.3 Å². The van der Waals surface area contributed by atoms with E-state index in [1.165, 1.54) is 12.5 Å². The summed E-state index contributed by atoms with van der Waals surface area (Å²) in [5.74, 6) is 0.398. The van der Waals surface area contributed by atoms with E-state index in [2.05, 4.69) is 33.4 Å². The van der Waals surface area contributed by atoms with Crippen molar-refractivity contribution in [3.05, 3.63) is 23.8 Å². The number of carbonyl (C=O) groups excluding carboxylic acids is 1. The topological polar surface area (TPSA) is 46.5 Å². The van der Waals surface area contributed by atoms with Crippen molar-refractivity contribution >= 4 is 5.97 Å². The highest BCUT2D eigenvalue weighted by Crippen LogP contribution is 2.53. The molecule has 0 bridgehead atoms. The quantitative estimate of drug-likeness (QED) is 0.623. The van der Waals surface area contributed by atoms with Crippen molar-refractivity contribution in [2.24, 2.45) is 17.3 Å². The lowest BCUT2D eigenvalue weighted by Gasteiger charge is -2.51. The maximum absolute atomic E-state index is 11.3. The highest BCUT2D eigenvalue weighted by molar-refractivity contribution is 5.66. The first kappa shape index (κ1) is 15.3. The van der Waals surface area contributed by atoms with Gasteiger partial charge in [0.15, 0.2) is 0 Å². The molecule has 0 aromatic carbocycles. The molecule has 1 N–H and O–H groups in total. The molecule has 2 aliphatic rings. The van der Waals surface area contributed by atoms with Crippen LogP contribution in [0.2, 0.25) is 0 Å².